The molecule has 1 atom stereocenters. The number of ketones is 1. The van der Waals surface area contributed by atoms with Crippen molar-refractivity contribution >= 4 is 52.0 Å². The molecule has 0 N–H and O–H groups in total. The van der Waals surface area contributed by atoms with Crippen molar-refractivity contribution in [2.24, 2.45) is 0 Å². The van der Waals surface area contributed by atoms with E-state index in [0.29, 0.717) is 0 Å². The van der Waals surface area contributed by atoms with Gasteiger partial charge in [-0.1, -0.05) is 34.4 Å². The predicted octanol–water partition coefficient (Wildman–Crippen LogP) is 3.10. The summed E-state index contributed by atoms with van der Waals surface area (Å²) >= 11 is 5.57. The second-order valence-electron chi connectivity index (χ2n) is 3.77. The van der Waals surface area contributed by atoms with Crippen LogP contribution >= 0.6 is 46.2 Å². The third-order valence-corrected chi connectivity index (χ3v) is 7.37. The smallest absolute Gasteiger partial charge is 0.289 e. The minimum atomic E-state index is -0.415. The van der Waals surface area contributed by atoms with Crippen LogP contribution < -0.4 is 4.06 Å². The molecule has 0 bridgehead atoms. The van der Waals surface area contributed by atoms with E-state index < -0.39 is 4.75 Å². The van der Waals surface area contributed by atoms with E-state index in [-0.39, 0.29) is 15.1 Å². The van der Waals surface area contributed by atoms with Gasteiger partial charge in [0.2, 0.25) is 0 Å². The maximum Gasteiger partial charge on any atom is 0.289 e. The van der Waals surface area contributed by atoms with Gasteiger partial charge in [-0.05, 0) is 20.8 Å². The molecule has 2 nitrogen and oxygen atoms in total. The number of fused-ring (bicyclic) bond motifs is 1. The standard InChI is InChI=1S/C9H10O2S4/c1-4-5(10)9(2,3)15-7-6(12-4)13-8(11)14-7/h4H,1-3H3/t4-/m0/s1. The molecule has 1 aliphatic rings. The van der Waals surface area contributed by atoms with Crippen LogP contribution in [0.3, 0.4) is 0 Å². The molecular formula is C9H10O2S4. The molecule has 1 aromatic rings. The van der Waals surface area contributed by atoms with Crippen LogP contribution in [-0.4, -0.2) is 15.8 Å². The molecule has 0 saturated heterocycles. The fraction of sp³-hybridized carbons (Fsp3) is 0.556. The van der Waals surface area contributed by atoms with Crippen molar-refractivity contribution in [3.63, 3.8) is 0 Å². The molecule has 0 fully saturated rings. The Morgan fingerprint density at radius 2 is 1.73 bits per heavy atom. The van der Waals surface area contributed by atoms with Crippen LogP contribution in [0, 0.1) is 0 Å². The summed E-state index contributed by atoms with van der Waals surface area (Å²) in [6.07, 6.45) is 0. The number of carbonyl (C=O) groups excluding carboxylic acids is 1. The highest BCUT2D eigenvalue weighted by Gasteiger charge is 2.38. The van der Waals surface area contributed by atoms with Crippen LogP contribution in [0.4, 0.5) is 0 Å². The lowest BCUT2D eigenvalue weighted by Crippen LogP contribution is -2.33. The van der Waals surface area contributed by atoms with E-state index in [4.69, 9.17) is 0 Å². The molecule has 6 heteroatoms. The van der Waals surface area contributed by atoms with Gasteiger partial charge in [0.15, 0.2) is 5.78 Å². The van der Waals surface area contributed by atoms with Crippen LogP contribution in [0.25, 0.3) is 0 Å². The van der Waals surface area contributed by atoms with Crippen molar-refractivity contribution in [2.75, 3.05) is 0 Å². The van der Waals surface area contributed by atoms with Gasteiger partial charge in [0.25, 0.3) is 4.06 Å². The minimum absolute atomic E-state index is 0.0565. The number of Topliss-reactive ketones (excluding diaryl/α,β-unsaturated/α-hetero) is 1. The first-order valence-electron chi connectivity index (χ1n) is 4.44. The Bertz CT molecular complexity index is 457. The lowest BCUT2D eigenvalue weighted by atomic mass is 10.1. The van der Waals surface area contributed by atoms with E-state index in [1.807, 2.05) is 20.8 Å². The molecule has 2 heterocycles. The first-order chi connectivity index (χ1) is 6.90. The minimum Gasteiger partial charge on any atom is -0.297 e. The summed E-state index contributed by atoms with van der Waals surface area (Å²) in [6.45, 7) is 5.78. The Hall–Kier alpha value is 0.220. The van der Waals surface area contributed by atoms with Crippen molar-refractivity contribution in [1.29, 1.82) is 0 Å². The zero-order valence-corrected chi connectivity index (χ0v) is 11.8. The Labute approximate surface area is 104 Å². The first-order valence-corrected chi connectivity index (χ1v) is 7.77. The number of hydrogen-bond donors (Lipinski definition) is 0. The second-order valence-corrected chi connectivity index (χ2v) is 9.49. The van der Waals surface area contributed by atoms with E-state index in [1.165, 1.54) is 46.2 Å². The summed E-state index contributed by atoms with van der Waals surface area (Å²) in [4.78, 5) is 23.3. The Balaban J connectivity index is 2.49. The predicted molar refractivity (Wildman–Crippen MR) is 68.7 cm³/mol. The summed E-state index contributed by atoms with van der Waals surface area (Å²) < 4.78 is 1.73. The molecule has 0 spiro atoms. The number of hydrogen-bond acceptors (Lipinski definition) is 6. The Kier molecular flexibility index (Phi) is 3.05. The molecule has 15 heavy (non-hydrogen) atoms. The molecule has 1 aromatic heterocycles. The summed E-state index contributed by atoms with van der Waals surface area (Å²) in [5, 5.41) is -0.0565. The van der Waals surface area contributed by atoms with Gasteiger partial charge in [0, 0.05) is 0 Å². The average Bonchev–Trinajstić information content (AvgIpc) is 2.40. The van der Waals surface area contributed by atoms with Gasteiger partial charge in [0.05, 0.1) is 18.4 Å². The van der Waals surface area contributed by atoms with Crippen molar-refractivity contribution < 1.29 is 4.79 Å². The van der Waals surface area contributed by atoms with Gasteiger partial charge < -0.3 is 0 Å². The number of rotatable bonds is 0. The van der Waals surface area contributed by atoms with Gasteiger partial charge in [-0.3, -0.25) is 9.59 Å². The molecule has 0 amide bonds. The van der Waals surface area contributed by atoms with Crippen LogP contribution in [0.5, 0.6) is 0 Å². The topological polar surface area (TPSA) is 34.1 Å². The third-order valence-electron chi connectivity index (χ3n) is 2.11. The normalized spacial score (nSPS) is 24.7. The number of thioether (sulfide) groups is 2. The summed E-state index contributed by atoms with van der Waals surface area (Å²) in [6, 6.07) is 0. The summed E-state index contributed by atoms with van der Waals surface area (Å²) in [7, 11) is 0. The second kappa shape index (κ2) is 3.91. The lowest BCUT2D eigenvalue weighted by molar-refractivity contribution is -0.119. The Morgan fingerprint density at radius 3 is 2.40 bits per heavy atom. The molecule has 0 saturated carbocycles. The third kappa shape index (κ3) is 2.18. The zero-order valence-electron chi connectivity index (χ0n) is 8.53. The highest BCUT2D eigenvalue weighted by atomic mass is 32.2. The van der Waals surface area contributed by atoms with E-state index in [0.717, 1.165) is 8.42 Å². The van der Waals surface area contributed by atoms with Crippen molar-refractivity contribution in [3.8, 4) is 0 Å². The van der Waals surface area contributed by atoms with Gasteiger partial charge in [-0.25, -0.2) is 0 Å². The van der Waals surface area contributed by atoms with Gasteiger partial charge in [-0.2, -0.15) is 0 Å². The van der Waals surface area contributed by atoms with Gasteiger partial charge in [-0.15, -0.1) is 11.8 Å². The molecule has 1 aliphatic heterocycles. The first kappa shape index (κ1) is 11.7. The molecule has 82 valence electrons. The quantitative estimate of drug-likeness (QED) is 0.730. The molecular weight excluding hydrogens is 268 g/mol. The fourth-order valence-corrected chi connectivity index (χ4v) is 7.46. The summed E-state index contributed by atoms with van der Waals surface area (Å²) in [5.74, 6) is 0.251. The summed E-state index contributed by atoms with van der Waals surface area (Å²) in [5.41, 5.74) is 0. The monoisotopic (exact) mass is 278 g/mol. The maximum absolute atomic E-state index is 12.0. The van der Waals surface area contributed by atoms with E-state index in [2.05, 4.69) is 0 Å². The fourth-order valence-electron chi connectivity index (χ4n) is 1.38. The molecule has 0 aromatic carbocycles. The zero-order chi connectivity index (χ0) is 11.2. The van der Waals surface area contributed by atoms with Crippen molar-refractivity contribution in [1.82, 2.24) is 0 Å². The number of carbonyl (C=O) groups is 1. The molecule has 0 radical (unpaired) electrons. The SMILES string of the molecule is C[C@@H]1Sc2sc(=O)sc2SC(C)(C)C1=O. The van der Waals surface area contributed by atoms with E-state index in [9.17, 15) is 9.59 Å². The molecule has 0 unspecified atom stereocenters. The molecule has 0 aliphatic carbocycles. The van der Waals surface area contributed by atoms with Crippen molar-refractivity contribution in [2.45, 2.75) is 39.2 Å². The van der Waals surface area contributed by atoms with E-state index >= 15 is 0 Å². The van der Waals surface area contributed by atoms with Gasteiger partial charge in [0.1, 0.15) is 0 Å². The highest BCUT2D eigenvalue weighted by Crippen LogP contribution is 2.48. The van der Waals surface area contributed by atoms with Crippen LogP contribution in [0.1, 0.15) is 20.8 Å². The average molecular weight is 278 g/mol. The van der Waals surface area contributed by atoms with E-state index in [1.54, 1.807) is 0 Å². The lowest BCUT2D eigenvalue weighted by Gasteiger charge is -2.21. The van der Waals surface area contributed by atoms with Gasteiger partial charge >= 0.3 is 0 Å². The van der Waals surface area contributed by atoms with Crippen LogP contribution in [0.15, 0.2) is 13.2 Å². The van der Waals surface area contributed by atoms with Crippen molar-refractivity contribution in [3.05, 3.63) is 8.85 Å². The maximum atomic E-state index is 12.0. The van der Waals surface area contributed by atoms with Crippen LogP contribution in [-0.2, 0) is 4.79 Å². The Morgan fingerprint density at radius 1 is 1.13 bits per heavy atom. The molecule has 2 rings (SSSR count). The highest BCUT2D eigenvalue weighted by molar-refractivity contribution is 8.07. The van der Waals surface area contributed by atoms with Crippen LogP contribution in [0.2, 0.25) is 0 Å². The largest absolute Gasteiger partial charge is 0.297 e.